The minimum atomic E-state index is -1.03. The van der Waals surface area contributed by atoms with Crippen LogP contribution >= 0.6 is 0 Å². The summed E-state index contributed by atoms with van der Waals surface area (Å²) in [5, 5.41) is 23.2. The lowest BCUT2D eigenvalue weighted by Crippen LogP contribution is -2.30. The first-order valence-corrected chi connectivity index (χ1v) is 8.72. The Morgan fingerprint density at radius 3 is 1.31 bits per heavy atom. The van der Waals surface area contributed by atoms with Gasteiger partial charge in [0.1, 0.15) is 6.17 Å². The fourth-order valence-electron chi connectivity index (χ4n) is 3.09. The average molecular weight is 413 g/mol. The van der Waals surface area contributed by atoms with Gasteiger partial charge in [0.25, 0.3) is 0 Å². The van der Waals surface area contributed by atoms with Crippen molar-refractivity contribution in [2.75, 3.05) is 0 Å². The summed E-state index contributed by atoms with van der Waals surface area (Å²) in [6, 6.07) is -1.23. The van der Waals surface area contributed by atoms with Crippen LogP contribution in [0.5, 0.6) is 0 Å². The highest BCUT2D eigenvalue weighted by atomic mass is 19.1. The number of halogens is 1. The third-order valence-electron chi connectivity index (χ3n) is 4.09. The Bertz CT molecular complexity index is 563. The molecule has 4 unspecified atom stereocenters. The first kappa shape index (κ1) is 26.1. The molecule has 0 radical (unpaired) electrons. The second-order valence-corrected chi connectivity index (χ2v) is 6.10. The van der Waals surface area contributed by atoms with Crippen LogP contribution < -0.4 is 0 Å². The molecule has 0 heterocycles. The molecule has 0 aromatic heterocycles. The summed E-state index contributed by atoms with van der Waals surface area (Å²) in [6.07, 6.45) is 0.825. The quantitative estimate of drug-likeness (QED) is 0.308. The summed E-state index contributed by atoms with van der Waals surface area (Å²) in [5.74, 6) is 0. The first-order chi connectivity index (χ1) is 13.9. The molecule has 0 bridgehead atoms. The van der Waals surface area contributed by atoms with E-state index in [4.69, 9.17) is 23.5 Å². The number of azide groups is 4. The number of hydrogen-bond donors (Lipinski definition) is 1. The average Bonchev–Trinajstić information content (AvgIpc) is 2.63. The molecule has 0 aliphatic heterocycles. The molecular weight excluding hydrogens is 383 g/mol. The van der Waals surface area contributed by atoms with E-state index >= 15 is 0 Å². The fourth-order valence-corrected chi connectivity index (χ4v) is 3.09. The molecule has 1 N–H and O–H groups in total. The number of alkyl halides is 1. The van der Waals surface area contributed by atoms with Crippen molar-refractivity contribution in [2.24, 2.45) is 20.5 Å². The molecule has 2 fully saturated rings. The maximum absolute atomic E-state index is 13.0. The van der Waals surface area contributed by atoms with Crippen molar-refractivity contribution >= 4 is 0 Å². The highest BCUT2D eigenvalue weighted by molar-refractivity contribution is 4.87. The molecule has 2 aliphatic rings. The number of aliphatic hydroxyl groups excluding tert-OH is 1. The van der Waals surface area contributed by atoms with Crippen LogP contribution in [0.3, 0.4) is 0 Å². The van der Waals surface area contributed by atoms with Crippen molar-refractivity contribution in [3.05, 3.63) is 41.8 Å². The Kier molecular flexibility index (Phi) is 15.5. The van der Waals surface area contributed by atoms with Gasteiger partial charge in [-0.25, -0.2) is 4.39 Å². The fraction of sp³-hybridized carbons (Fsp3) is 1.00. The third-order valence-corrected chi connectivity index (χ3v) is 4.09. The van der Waals surface area contributed by atoms with Crippen LogP contribution in [0.25, 0.3) is 41.8 Å². The Morgan fingerprint density at radius 2 is 1.03 bits per heavy atom. The summed E-state index contributed by atoms with van der Waals surface area (Å²) < 4.78 is 19.2. The van der Waals surface area contributed by atoms with E-state index in [1.54, 1.807) is 6.92 Å². The molecule has 2 aliphatic carbocycles. The predicted octanol–water partition coefficient (Wildman–Crippen LogP) is 6.42. The minimum absolute atomic E-state index is 0. The van der Waals surface area contributed by atoms with Crippen LogP contribution in [0.15, 0.2) is 20.5 Å². The standard InChI is InChI=1S/C6H9FN6.C6H10N6O.C2H6.CH4/c7-4-1-5(10-12-8)3-6(2-4)11-13-9;7-11-9-4-1-5(10-12-8)3-6(13)2-4;1-2;/h4-6H,1-3H2;4-6,13H,1-3H2;1-2H3;1H4/i;;1D;. The van der Waals surface area contributed by atoms with Gasteiger partial charge in [-0.3, -0.25) is 0 Å². The van der Waals surface area contributed by atoms with E-state index in [-0.39, 0.29) is 44.4 Å². The Hall–Kier alpha value is -2.87. The van der Waals surface area contributed by atoms with Crippen molar-refractivity contribution in [3.63, 3.8) is 0 Å². The zero-order valence-electron chi connectivity index (χ0n) is 16.6. The number of nitrogens with zero attached hydrogens (tertiary/aromatic N) is 12. The normalized spacial score (nSPS) is 30.1. The van der Waals surface area contributed by atoms with E-state index < -0.39 is 12.3 Å². The molecule has 0 spiro atoms. The molecule has 2 rings (SSSR count). The molecule has 0 saturated heterocycles. The number of rotatable bonds is 4. The van der Waals surface area contributed by atoms with Gasteiger partial charge < -0.3 is 5.11 Å². The molecule has 4 atom stereocenters. The lowest BCUT2D eigenvalue weighted by atomic mass is 9.90. The lowest BCUT2D eigenvalue weighted by Gasteiger charge is -2.26. The summed E-state index contributed by atoms with van der Waals surface area (Å²) in [4.78, 5) is 10.6. The Balaban J connectivity index is 0. The number of hydrogen-bond acceptors (Lipinski definition) is 5. The molecule has 2 saturated carbocycles. The zero-order chi connectivity index (χ0) is 22.1. The zero-order valence-corrected chi connectivity index (χ0v) is 15.6. The Labute approximate surface area is 170 Å². The third kappa shape index (κ3) is 12.2. The molecular formula is C15H29FN12O. The van der Waals surface area contributed by atoms with E-state index in [1.807, 2.05) is 0 Å². The molecule has 13 nitrogen and oxygen atoms in total. The van der Waals surface area contributed by atoms with Crippen LogP contribution in [0, 0.1) is 0 Å². The maximum atomic E-state index is 13.0. The van der Waals surface area contributed by atoms with Crippen LogP contribution in [0.4, 0.5) is 4.39 Å². The summed E-state index contributed by atoms with van der Waals surface area (Å²) in [6.45, 7) is 2.29. The second-order valence-electron chi connectivity index (χ2n) is 6.10. The lowest BCUT2D eigenvalue weighted by molar-refractivity contribution is 0.111. The maximum Gasteiger partial charge on any atom is 0.101 e. The van der Waals surface area contributed by atoms with Crippen LogP contribution in [0.2, 0.25) is 0 Å². The largest absolute Gasteiger partial charge is 0.393 e. The van der Waals surface area contributed by atoms with E-state index in [2.05, 4.69) is 40.1 Å². The monoisotopic (exact) mass is 413 g/mol. The molecule has 162 valence electrons. The molecule has 29 heavy (non-hydrogen) atoms. The van der Waals surface area contributed by atoms with Gasteiger partial charge in [0, 0.05) is 45.2 Å². The highest BCUT2D eigenvalue weighted by Crippen LogP contribution is 2.26. The van der Waals surface area contributed by atoms with E-state index in [0.717, 1.165) is 0 Å². The van der Waals surface area contributed by atoms with Crippen molar-refractivity contribution in [1.82, 2.24) is 0 Å². The van der Waals surface area contributed by atoms with Gasteiger partial charge in [-0.2, -0.15) is 0 Å². The minimum Gasteiger partial charge on any atom is -0.393 e. The molecule has 0 amide bonds. The van der Waals surface area contributed by atoms with Crippen molar-refractivity contribution in [1.29, 1.82) is 0 Å². The van der Waals surface area contributed by atoms with E-state index in [9.17, 15) is 9.50 Å². The predicted molar refractivity (Wildman–Crippen MR) is 108 cm³/mol. The highest BCUT2D eigenvalue weighted by Gasteiger charge is 2.27. The summed E-state index contributed by atoms with van der Waals surface area (Å²) in [7, 11) is 0. The van der Waals surface area contributed by atoms with Gasteiger partial charge >= 0.3 is 0 Å². The van der Waals surface area contributed by atoms with Crippen LogP contribution in [-0.2, 0) is 0 Å². The first-order valence-electron chi connectivity index (χ1n) is 9.42. The topological polar surface area (TPSA) is 215 Å². The van der Waals surface area contributed by atoms with Gasteiger partial charge in [0.05, 0.1) is 6.10 Å². The molecule has 0 aromatic rings. The van der Waals surface area contributed by atoms with Gasteiger partial charge in [-0.05, 0) is 60.6 Å². The van der Waals surface area contributed by atoms with Crippen molar-refractivity contribution in [2.45, 2.75) is 96.2 Å². The SMILES string of the molecule is C.[2H]CC.[N-]=[N+]=NC1CC(F)CC(N=[N+]=[N-])C1.[N-]=[N+]=NC1CC(O)CC(N=[N+]=[N-])C1. The van der Waals surface area contributed by atoms with Gasteiger partial charge in [-0.15, -0.1) is 0 Å². The summed E-state index contributed by atoms with van der Waals surface area (Å²) >= 11 is 0. The second kappa shape index (κ2) is 17.2. The van der Waals surface area contributed by atoms with Gasteiger partial charge in [0.15, 0.2) is 0 Å². The van der Waals surface area contributed by atoms with Gasteiger partial charge in [0.2, 0.25) is 0 Å². The van der Waals surface area contributed by atoms with Crippen LogP contribution in [-0.4, -0.2) is 41.5 Å². The van der Waals surface area contributed by atoms with Crippen molar-refractivity contribution < 1.29 is 10.9 Å². The van der Waals surface area contributed by atoms with Crippen LogP contribution in [0.1, 0.15) is 61.1 Å². The number of aliphatic hydroxyl groups is 1. The molecule has 14 heteroatoms. The smallest absolute Gasteiger partial charge is 0.101 e. The van der Waals surface area contributed by atoms with E-state index in [0.29, 0.717) is 32.6 Å². The van der Waals surface area contributed by atoms with Crippen molar-refractivity contribution in [3.8, 4) is 0 Å². The summed E-state index contributed by atoms with van der Waals surface area (Å²) in [5.41, 5.74) is 32.7. The van der Waals surface area contributed by atoms with Gasteiger partial charge in [-0.1, -0.05) is 41.7 Å². The molecule has 0 aromatic carbocycles. The van der Waals surface area contributed by atoms with E-state index in [1.165, 1.54) is 0 Å². The Morgan fingerprint density at radius 1 is 0.759 bits per heavy atom.